The molecule has 2 rings (SSSR count). The zero-order valence-corrected chi connectivity index (χ0v) is 8.33. The van der Waals surface area contributed by atoms with Gasteiger partial charge >= 0.3 is 0 Å². The lowest BCUT2D eigenvalue weighted by molar-refractivity contribution is -0.121. The number of hydrogen-bond donors (Lipinski definition) is 1. The molecule has 2 saturated carbocycles. The molecule has 13 heavy (non-hydrogen) atoms. The Morgan fingerprint density at radius 3 is 2.69 bits per heavy atom. The van der Waals surface area contributed by atoms with Crippen LogP contribution in [0.4, 0.5) is 0 Å². The van der Waals surface area contributed by atoms with Gasteiger partial charge < -0.3 is 5.73 Å². The molecule has 0 aliphatic heterocycles. The van der Waals surface area contributed by atoms with Gasteiger partial charge in [0.15, 0.2) is 0 Å². The maximum atomic E-state index is 11.5. The quantitative estimate of drug-likeness (QED) is 0.720. The summed E-state index contributed by atoms with van der Waals surface area (Å²) in [6.45, 7) is 1.80. The molecule has 4 unspecified atom stereocenters. The Balaban J connectivity index is 1.86. The number of ketones is 1. The lowest BCUT2D eigenvalue weighted by Crippen LogP contribution is -2.29. The standard InChI is InChI=1S/C11H19NO/c1-7(12)11(13)6-10-5-8-2-3-9(10)4-8/h7-10H,2-6,12H2,1H3. The summed E-state index contributed by atoms with van der Waals surface area (Å²) in [5, 5.41) is 0. The van der Waals surface area contributed by atoms with Crippen molar-refractivity contribution in [2.75, 3.05) is 0 Å². The zero-order chi connectivity index (χ0) is 9.42. The average Bonchev–Trinajstić information content (AvgIpc) is 2.64. The molecule has 0 spiro atoms. The fraction of sp³-hybridized carbons (Fsp3) is 0.909. The molecular weight excluding hydrogens is 162 g/mol. The fourth-order valence-corrected chi connectivity index (χ4v) is 3.07. The van der Waals surface area contributed by atoms with Crippen molar-refractivity contribution in [1.82, 2.24) is 0 Å². The van der Waals surface area contributed by atoms with Gasteiger partial charge in [-0.3, -0.25) is 4.79 Å². The van der Waals surface area contributed by atoms with E-state index < -0.39 is 0 Å². The number of carbonyl (C=O) groups excluding carboxylic acids is 1. The SMILES string of the molecule is CC(N)C(=O)CC1CC2CCC1C2. The van der Waals surface area contributed by atoms with Crippen LogP contribution in [0, 0.1) is 17.8 Å². The van der Waals surface area contributed by atoms with Crippen molar-refractivity contribution >= 4 is 5.78 Å². The van der Waals surface area contributed by atoms with Crippen molar-refractivity contribution in [2.45, 2.75) is 45.1 Å². The fourth-order valence-electron chi connectivity index (χ4n) is 3.07. The molecule has 0 saturated heterocycles. The minimum absolute atomic E-state index is 0.251. The largest absolute Gasteiger partial charge is 0.322 e. The van der Waals surface area contributed by atoms with Crippen LogP contribution in [0.3, 0.4) is 0 Å². The Kier molecular flexibility index (Phi) is 2.41. The second kappa shape index (κ2) is 3.41. The van der Waals surface area contributed by atoms with E-state index in [0.717, 1.165) is 18.3 Å². The van der Waals surface area contributed by atoms with Crippen LogP contribution in [-0.2, 0) is 4.79 Å². The second-order valence-electron chi connectivity index (χ2n) is 4.89. The topological polar surface area (TPSA) is 43.1 Å². The van der Waals surface area contributed by atoms with Crippen molar-refractivity contribution < 1.29 is 4.79 Å². The zero-order valence-electron chi connectivity index (χ0n) is 8.33. The third-order valence-electron chi connectivity index (χ3n) is 3.86. The van der Waals surface area contributed by atoms with E-state index in [1.165, 1.54) is 25.7 Å². The lowest BCUT2D eigenvalue weighted by Gasteiger charge is -2.21. The van der Waals surface area contributed by atoms with E-state index >= 15 is 0 Å². The van der Waals surface area contributed by atoms with Gasteiger partial charge in [-0.15, -0.1) is 0 Å². The highest BCUT2D eigenvalue weighted by Crippen LogP contribution is 2.49. The maximum Gasteiger partial charge on any atom is 0.149 e. The van der Waals surface area contributed by atoms with Gasteiger partial charge in [-0.1, -0.05) is 6.42 Å². The van der Waals surface area contributed by atoms with Crippen LogP contribution in [0.25, 0.3) is 0 Å². The Morgan fingerprint density at radius 1 is 1.46 bits per heavy atom. The second-order valence-corrected chi connectivity index (χ2v) is 4.89. The van der Waals surface area contributed by atoms with Crippen LogP contribution >= 0.6 is 0 Å². The molecule has 0 aromatic rings. The predicted octanol–water partition coefficient (Wildman–Crippen LogP) is 1.73. The molecule has 0 amide bonds. The van der Waals surface area contributed by atoms with Gasteiger partial charge in [0.25, 0.3) is 0 Å². The molecule has 4 atom stereocenters. The van der Waals surface area contributed by atoms with Crippen LogP contribution < -0.4 is 5.73 Å². The van der Waals surface area contributed by atoms with E-state index in [4.69, 9.17) is 5.73 Å². The third-order valence-corrected chi connectivity index (χ3v) is 3.86. The van der Waals surface area contributed by atoms with Crippen molar-refractivity contribution in [3.8, 4) is 0 Å². The number of fused-ring (bicyclic) bond motifs is 2. The van der Waals surface area contributed by atoms with Gasteiger partial charge in [0.05, 0.1) is 6.04 Å². The van der Waals surface area contributed by atoms with Gasteiger partial charge in [-0.2, -0.15) is 0 Å². The summed E-state index contributed by atoms with van der Waals surface area (Å²) in [5.74, 6) is 2.73. The molecule has 2 fully saturated rings. The molecule has 2 N–H and O–H groups in total. The Hall–Kier alpha value is -0.370. The summed E-state index contributed by atoms with van der Waals surface area (Å²) in [4.78, 5) is 11.5. The van der Waals surface area contributed by atoms with Crippen LogP contribution in [0.1, 0.15) is 39.0 Å². The first-order chi connectivity index (χ1) is 6.16. The van der Waals surface area contributed by atoms with Crippen LogP contribution in [0.5, 0.6) is 0 Å². The molecule has 2 bridgehead atoms. The average molecular weight is 181 g/mol. The van der Waals surface area contributed by atoms with Crippen molar-refractivity contribution in [3.05, 3.63) is 0 Å². The molecule has 0 aromatic heterocycles. The van der Waals surface area contributed by atoms with E-state index in [9.17, 15) is 4.79 Å². The number of hydrogen-bond acceptors (Lipinski definition) is 2. The minimum Gasteiger partial charge on any atom is -0.322 e. The number of nitrogens with two attached hydrogens (primary N) is 1. The highest BCUT2D eigenvalue weighted by Gasteiger charge is 2.40. The summed E-state index contributed by atoms with van der Waals surface area (Å²) in [6.07, 6.45) is 6.20. The summed E-state index contributed by atoms with van der Waals surface area (Å²) in [5.41, 5.74) is 5.56. The first-order valence-electron chi connectivity index (χ1n) is 5.45. The molecule has 0 aromatic carbocycles. The van der Waals surface area contributed by atoms with E-state index in [0.29, 0.717) is 5.92 Å². The number of Topliss-reactive ketones (excluding diaryl/α,β-unsaturated/α-hetero) is 1. The van der Waals surface area contributed by atoms with Crippen molar-refractivity contribution in [2.24, 2.45) is 23.5 Å². The van der Waals surface area contributed by atoms with Gasteiger partial charge in [-0.05, 0) is 43.9 Å². The molecule has 2 aliphatic rings. The first-order valence-corrected chi connectivity index (χ1v) is 5.45. The van der Waals surface area contributed by atoms with E-state index in [2.05, 4.69) is 0 Å². The van der Waals surface area contributed by atoms with Gasteiger partial charge in [0.2, 0.25) is 0 Å². The van der Waals surface area contributed by atoms with Gasteiger partial charge in [0, 0.05) is 6.42 Å². The number of rotatable bonds is 3. The molecule has 0 heterocycles. The summed E-state index contributed by atoms with van der Waals surface area (Å²) < 4.78 is 0. The molecule has 74 valence electrons. The van der Waals surface area contributed by atoms with Gasteiger partial charge in [-0.25, -0.2) is 0 Å². The minimum atomic E-state index is -0.251. The Morgan fingerprint density at radius 2 is 2.23 bits per heavy atom. The lowest BCUT2D eigenvalue weighted by atomic mass is 9.84. The van der Waals surface area contributed by atoms with Crippen LogP contribution in [0.2, 0.25) is 0 Å². The molecule has 2 nitrogen and oxygen atoms in total. The monoisotopic (exact) mass is 181 g/mol. The number of carbonyl (C=O) groups is 1. The molecule has 2 heteroatoms. The smallest absolute Gasteiger partial charge is 0.149 e. The summed E-state index contributed by atoms with van der Waals surface area (Å²) in [7, 11) is 0. The highest BCUT2D eigenvalue weighted by molar-refractivity contribution is 5.83. The molecule has 0 radical (unpaired) electrons. The first kappa shape index (κ1) is 9.20. The van der Waals surface area contributed by atoms with Crippen LogP contribution in [-0.4, -0.2) is 11.8 Å². The van der Waals surface area contributed by atoms with E-state index in [1.54, 1.807) is 6.92 Å². The molecular formula is C11H19NO. The van der Waals surface area contributed by atoms with Crippen molar-refractivity contribution in [1.29, 1.82) is 0 Å². The summed E-state index contributed by atoms with van der Waals surface area (Å²) in [6, 6.07) is -0.251. The van der Waals surface area contributed by atoms with Crippen LogP contribution in [0.15, 0.2) is 0 Å². The Labute approximate surface area is 79.9 Å². The molecule has 2 aliphatic carbocycles. The summed E-state index contributed by atoms with van der Waals surface area (Å²) >= 11 is 0. The Bertz CT molecular complexity index is 212. The van der Waals surface area contributed by atoms with Crippen molar-refractivity contribution in [3.63, 3.8) is 0 Å². The third kappa shape index (κ3) is 1.78. The predicted molar refractivity (Wildman–Crippen MR) is 52.2 cm³/mol. The van der Waals surface area contributed by atoms with E-state index in [-0.39, 0.29) is 11.8 Å². The van der Waals surface area contributed by atoms with E-state index in [1.807, 2.05) is 0 Å². The maximum absolute atomic E-state index is 11.5. The normalized spacial score (nSPS) is 39.4. The van der Waals surface area contributed by atoms with Gasteiger partial charge in [0.1, 0.15) is 5.78 Å². The highest BCUT2D eigenvalue weighted by atomic mass is 16.1.